The van der Waals surface area contributed by atoms with Crippen molar-refractivity contribution < 1.29 is 4.79 Å². The van der Waals surface area contributed by atoms with Crippen LogP contribution in [0.25, 0.3) is 0 Å². The fraction of sp³-hybridized carbons (Fsp3) is 0.923. The SMILES string of the molecule is CC(C)(C)N(CCCC[C]=O)C(C)(C)C. The highest BCUT2D eigenvalue weighted by Crippen LogP contribution is 2.25. The van der Waals surface area contributed by atoms with Crippen molar-refractivity contribution in [3.05, 3.63) is 0 Å². The lowest BCUT2D eigenvalue weighted by Crippen LogP contribution is -2.52. The molecule has 0 aliphatic carbocycles. The highest BCUT2D eigenvalue weighted by Gasteiger charge is 2.30. The Hall–Kier alpha value is -0.370. The van der Waals surface area contributed by atoms with E-state index in [4.69, 9.17) is 0 Å². The van der Waals surface area contributed by atoms with Crippen LogP contribution in [0.15, 0.2) is 0 Å². The van der Waals surface area contributed by atoms with Gasteiger partial charge in [0.25, 0.3) is 0 Å². The highest BCUT2D eigenvalue weighted by atomic mass is 16.1. The van der Waals surface area contributed by atoms with E-state index < -0.39 is 0 Å². The molecule has 0 unspecified atom stereocenters. The Kier molecular flexibility index (Phi) is 5.50. The van der Waals surface area contributed by atoms with Crippen LogP contribution in [0.3, 0.4) is 0 Å². The molecule has 89 valence electrons. The Morgan fingerprint density at radius 3 is 1.73 bits per heavy atom. The van der Waals surface area contributed by atoms with Crippen molar-refractivity contribution in [2.75, 3.05) is 6.54 Å². The van der Waals surface area contributed by atoms with E-state index in [-0.39, 0.29) is 11.1 Å². The first kappa shape index (κ1) is 14.6. The second-order valence-electron chi connectivity index (χ2n) is 6.09. The number of hydrogen-bond donors (Lipinski definition) is 0. The standard InChI is InChI=1S/C13H26NO/c1-12(2,3)14(13(4,5)6)10-8-7-9-11-15/h7-10H2,1-6H3. The second kappa shape index (κ2) is 5.64. The Balaban J connectivity index is 4.22. The average molecular weight is 212 g/mol. The first-order chi connectivity index (χ1) is 6.69. The summed E-state index contributed by atoms with van der Waals surface area (Å²) in [5, 5.41) is 0. The monoisotopic (exact) mass is 212 g/mol. The maximum absolute atomic E-state index is 10.1. The zero-order valence-electron chi connectivity index (χ0n) is 11.2. The van der Waals surface area contributed by atoms with E-state index in [1.807, 2.05) is 6.29 Å². The first-order valence-electron chi connectivity index (χ1n) is 5.82. The maximum Gasteiger partial charge on any atom is 0.198 e. The van der Waals surface area contributed by atoms with Gasteiger partial charge in [-0.2, -0.15) is 0 Å². The lowest BCUT2D eigenvalue weighted by molar-refractivity contribution is 0.0370. The van der Waals surface area contributed by atoms with Gasteiger partial charge in [0.15, 0.2) is 6.29 Å². The van der Waals surface area contributed by atoms with E-state index in [9.17, 15) is 4.79 Å². The summed E-state index contributed by atoms with van der Waals surface area (Å²) in [6.07, 6.45) is 4.55. The highest BCUT2D eigenvalue weighted by molar-refractivity contribution is 5.50. The molecule has 0 spiro atoms. The molecule has 0 aliphatic rings. The third-order valence-corrected chi connectivity index (χ3v) is 2.53. The van der Waals surface area contributed by atoms with Gasteiger partial charge in [0.05, 0.1) is 0 Å². The van der Waals surface area contributed by atoms with Gasteiger partial charge in [-0.15, -0.1) is 0 Å². The topological polar surface area (TPSA) is 20.3 Å². The normalized spacial score (nSPS) is 13.3. The molecule has 0 aromatic carbocycles. The Morgan fingerprint density at radius 2 is 1.40 bits per heavy atom. The van der Waals surface area contributed by atoms with Gasteiger partial charge in [-0.25, -0.2) is 0 Å². The van der Waals surface area contributed by atoms with Crippen LogP contribution in [0.1, 0.15) is 60.8 Å². The zero-order valence-corrected chi connectivity index (χ0v) is 11.2. The molecule has 0 aromatic rings. The molecular weight excluding hydrogens is 186 g/mol. The summed E-state index contributed by atoms with van der Waals surface area (Å²) in [6, 6.07) is 0. The van der Waals surface area contributed by atoms with Crippen LogP contribution in [-0.4, -0.2) is 28.8 Å². The summed E-state index contributed by atoms with van der Waals surface area (Å²) < 4.78 is 0. The maximum atomic E-state index is 10.1. The molecule has 2 nitrogen and oxygen atoms in total. The lowest BCUT2D eigenvalue weighted by atomic mass is 9.95. The van der Waals surface area contributed by atoms with Crippen molar-refractivity contribution in [3.8, 4) is 0 Å². The van der Waals surface area contributed by atoms with Gasteiger partial charge in [-0.3, -0.25) is 9.69 Å². The minimum atomic E-state index is 0.184. The Bertz CT molecular complexity index is 172. The van der Waals surface area contributed by atoms with E-state index >= 15 is 0 Å². The van der Waals surface area contributed by atoms with Gasteiger partial charge in [0.2, 0.25) is 0 Å². The molecule has 0 aliphatic heterocycles. The molecule has 15 heavy (non-hydrogen) atoms. The van der Waals surface area contributed by atoms with E-state index in [2.05, 4.69) is 46.4 Å². The quantitative estimate of drug-likeness (QED) is 0.652. The fourth-order valence-electron chi connectivity index (χ4n) is 2.14. The Morgan fingerprint density at radius 1 is 0.933 bits per heavy atom. The molecule has 0 N–H and O–H groups in total. The minimum absolute atomic E-state index is 0.184. The van der Waals surface area contributed by atoms with E-state index in [0.717, 1.165) is 19.4 Å². The average Bonchev–Trinajstić information content (AvgIpc) is 1.99. The van der Waals surface area contributed by atoms with E-state index in [0.29, 0.717) is 6.42 Å². The summed E-state index contributed by atoms with van der Waals surface area (Å²) in [5.74, 6) is 0. The number of rotatable bonds is 5. The lowest BCUT2D eigenvalue weighted by Gasteiger charge is -2.45. The molecule has 0 fully saturated rings. The number of unbranched alkanes of at least 4 members (excludes halogenated alkanes) is 2. The van der Waals surface area contributed by atoms with Crippen LogP contribution in [0.5, 0.6) is 0 Å². The molecule has 0 saturated heterocycles. The molecular formula is C13H26NO. The molecule has 1 radical (unpaired) electrons. The van der Waals surface area contributed by atoms with Gasteiger partial charge in [0.1, 0.15) is 0 Å². The predicted octanol–water partition coefficient (Wildman–Crippen LogP) is 3.17. The molecule has 0 amide bonds. The van der Waals surface area contributed by atoms with Crippen molar-refractivity contribution in [3.63, 3.8) is 0 Å². The van der Waals surface area contributed by atoms with Crippen LogP contribution in [0.2, 0.25) is 0 Å². The summed E-state index contributed by atoms with van der Waals surface area (Å²) in [5.41, 5.74) is 0.367. The molecule has 0 rings (SSSR count). The van der Waals surface area contributed by atoms with Crippen molar-refractivity contribution >= 4 is 6.29 Å². The number of carbonyl (C=O) groups excluding carboxylic acids is 1. The van der Waals surface area contributed by atoms with Gasteiger partial charge < -0.3 is 0 Å². The number of hydrogen-bond acceptors (Lipinski definition) is 2. The molecule has 0 atom stereocenters. The predicted molar refractivity (Wildman–Crippen MR) is 65.8 cm³/mol. The summed E-state index contributed by atoms with van der Waals surface area (Å²) in [7, 11) is 0. The summed E-state index contributed by atoms with van der Waals surface area (Å²) in [4.78, 5) is 12.6. The smallest absolute Gasteiger partial charge is 0.198 e. The van der Waals surface area contributed by atoms with Crippen LogP contribution in [-0.2, 0) is 4.79 Å². The number of nitrogens with zero attached hydrogens (tertiary/aromatic N) is 1. The third kappa shape index (κ3) is 5.93. The van der Waals surface area contributed by atoms with Crippen LogP contribution < -0.4 is 0 Å². The van der Waals surface area contributed by atoms with Gasteiger partial charge in [0, 0.05) is 17.5 Å². The van der Waals surface area contributed by atoms with E-state index in [1.54, 1.807) is 0 Å². The molecule has 0 bridgehead atoms. The largest absolute Gasteiger partial charge is 0.294 e. The second-order valence-corrected chi connectivity index (χ2v) is 6.09. The van der Waals surface area contributed by atoms with Gasteiger partial charge in [-0.1, -0.05) is 0 Å². The van der Waals surface area contributed by atoms with Crippen LogP contribution in [0.4, 0.5) is 0 Å². The fourth-order valence-corrected chi connectivity index (χ4v) is 2.14. The van der Waals surface area contributed by atoms with Crippen molar-refractivity contribution in [2.24, 2.45) is 0 Å². The van der Waals surface area contributed by atoms with Gasteiger partial charge >= 0.3 is 0 Å². The van der Waals surface area contributed by atoms with Crippen LogP contribution >= 0.6 is 0 Å². The third-order valence-electron chi connectivity index (χ3n) is 2.53. The molecule has 2 heteroatoms. The van der Waals surface area contributed by atoms with Crippen molar-refractivity contribution in [1.82, 2.24) is 4.90 Å². The summed E-state index contributed by atoms with van der Waals surface area (Å²) in [6.45, 7) is 14.5. The zero-order chi connectivity index (χ0) is 12.1. The van der Waals surface area contributed by atoms with Crippen molar-refractivity contribution in [2.45, 2.75) is 71.9 Å². The summed E-state index contributed by atoms with van der Waals surface area (Å²) >= 11 is 0. The molecule has 0 heterocycles. The first-order valence-corrected chi connectivity index (χ1v) is 5.82. The van der Waals surface area contributed by atoms with Gasteiger partial charge in [-0.05, 0) is 60.9 Å². The van der Waals surface area contributed by atoms with Crippen molar-refractivity contribution in [1.29, 1.82) is 0 Å². The van der Waals surface area contributed by atoms with E-state index in [1.165, 1.54) is 0 Å². The molecule has 0 saturated carbocycles. The Labute approximate surface area is 95.0 Å². The molecule has 0 aromatic heterocycles. The minimum Gasteiger partial charge on any atom is -0.294 e. The van der Waals surface area contributed by atoms with Crippen LogP contribution in [0, 0.1) is 0 Å².